The lowest BCUT2D eigenvalue weighted by molar-refractivity contribution is 0.750. The molecule has 1 aromatic heterocycles. The largest absolute Gasteiger partial charge is 0.310 e. The first-order valence-corrected chi connectivity index (χ1v) is 14.2. The summed E-state index contributed by atoms with van der Waals surface area (Å²) in [4.78, 5) is 0. The third kappa shape index (κ3) is 2.55. The number of nitrogens with zero attached hydrogens (tertiary/aromatic N) is 1. The summed E-state index contributed by atoms with van der Waals surface area (Å²) in [6.07, 6.45) is 0. The molecule has 186 valence electrons. The van der Waals surface area contributed by atoms with Gasteiger partial charge in [0.05, 0.1) is 10.9 Å². The van der Waals surface area contributed by atoms with Crippen LogP contribution in [0.15, 0.2) is 140 Å². The Kier molecular flexibility index (Phi) is 4.34. The van der Waals surface area contributed by atoms with Gasteiger partial charge < -0.3 is 4.57 Å². The van der Waals surface area contributed by atoms with Crippen molar-refractivity contribution in [2.75, 3.05) is 0 Å². The molecule has 2 aliphatic rings. The Morgan fingerprint density at radius 1 is 0.550 bits per heavy atom. The summed E-state index contributed by atoms with van der Waals surface area (Å²) in [5.41, 5.74) is 14.4. The maximum atomic E-state index is 2.55. The molecule has 0 N–H and O–H groups in total. The molecule has 0 radical (unpaired) electrons. The fourth-order valence-electron chi connectivity index (χ4n) is 8.06. The molecule has 9 rings (SSSR count). The fraction of sp³-hybridized carbons (Fsp3) is 0.0526. The second-order valence-corrected chi connectivity index (χ2v) is 11.3. The highest BCUT2D eigenvalue weighted by molar-refractivity contribution is 6.99. The smallest absolute Gasteiger partial charge is 0.247 e. The molecule has 0 amide bonds. The Morgan fingerprint density at radius 2 is 1.18 bits per heavy atom. The first kappa shape index (κ1) is 22.0. The van der Waals surface area contributed by atoms with Crippen LogP contribution in [0.2, 0.25) is 0 Å². The molecule has 0 saturated carbocycles. The molecule has 3 heterocycles. The van der Waals surface area contributed by atoms with Crippen LogP contribution in [0.4, 0.5) is 0 Å². The van der Waals surface area contributed by atoms with Crippen LogP contribution >= 0.6 is 0 Å². The van der Waals surface area contributed by atoms with Crippen molar-refractivity contribution in [3.05, 3.63) is 167 Å². The minimum Gasteiger partial charge on any atom is -0.310 e. The quantitative estimate of drug-likeness (QED) is 0.232. The second-order valence-electron chi connectivity index (χ2n) is 11.3. The first-order valence-electron chi connectivity index (χ1n) is 14.2. The molecular weight excluding hydrogens is 481 g/mol. The molecule has 7 aromatic rings. The molecule has 6 aromatic carbocycles. The van der Waals surface area contributed by atoms with Crippen molar-refractivity contribution in [3.8, 4) is 5.69 Å². The minimum atomic E-state index is -0.425. The zero-order valence-electron chi connectivity index (χ0n) is 22.3. The van der Waals surface area contributed by atoms with Gasteiger partial charge in [-0.3, -0.25) is 0 Å². The molecule has 0 atom stereocenters. The highest BCUT2D eigenvalue weighted by atomic mass is 15.0. The predicted molar refractivity (Wildman–Crippen MR) is 168 cm³/mol. The van der Waals surface area contributed by atoms with Crippen molar-refractivity contribution in [2.24, 2.45) is 0 Å². The summed E-state index contributed by atoms with van der Waals surface area (Å²) >= 11 is 0. The van der Waals surface area contributed by atoms with Gasteiger partial charge in [0.2, 0.25) is 6.71 Å². The Bertz CT molecular complexity index is 2080. The topological polar surface area (TPSA) is 4.93 Å². The van der Waals surface area contributed by atoms with Crippen LogP contribution in [0.25, 0.3) is 27.5 Å². The number of rotatable bonds is 2. The average molecular weight is 507 g/mol. The SMILES string of the molecule is Cc1cccc2c1c1cccc3c1n2-c1cccc2c1B3c1ccccc1C2(c1ccccc1)c1ccccc1. The monoisotopic (exact) mass is 507 g/mol. The van der Waals surface area contributed by atoms with Crippen molar-refractivity contribution in [2.45, 2.75) is 12.3 Å². The fourth-order valence-corrected chi connectivity index (χ4v) is 8.06. The first-order chi connectivity index (χ1) is 19.8. The van der Waals surface area contributed by atoms with Gasteiger partial charge in [0, 0.05) is 22.0 Å². The Labute approximate surface area is 234 Å². The van der Waals surface area contributed by atoms with Gasteiger partial charge >= 0.3 is 0 Å². The zero-order chi connectivity index (χ0) is 26.4. The molecule has 0 aliphatic carbocycles. The number of aromatic nitrogens is 1. The van der Waals surface area contributed by atoms with Gasteiger partial charge in [0.15, 0.2) is 0 Å². The number of fused-ring (bicyclic) bond motifs is 7. The molecule has 1 nitrogen and oxygen atoms in total. The highest BCUT2D eigenvalue weighted by Crippen LogP contribution is 2.47. The summed E-state index contributed by atoms with van der Waals surface area (Å²) in [6.45, 7) is 2.41. The standard InChI is InChI=1S/C38H26BN/c1-25-13-10-23-33-35(25)28-18-11-22-32-37(28)40(33)34-24-12-20-30-36(34)39(32)31-21-9-8-19-29(31)38(30,26-14-4-2-5-15-26)27-16-6-3-7-17-27/h2-24H,1H3. The van der Waals surface area contributed by atoms with Crippen LogP contribution in [0.5, 0.6) is 0 Å². The Hall–Kier alpha value is -4.82. The predicted octanol–water partition coefficient (Wildman–Crippen LogP) is 6.62. The molecule has 0 spiro atoms. The van der Waals surface area contributed by atoms with Crippen molar-refractivity contribution in [3.63, 3.8) is 0 Å². The minimum absolute atomic E-state index is 0.170. The molecule has 0 fully saturated rings. The van der Waals surface area contributed by atoms with Crippen LogP contribution in [0.1, 0.15) is 27.8 Å². The zero-order valence-corrected chi connectivity index (χ0v) is 22.3. The molecule has 0 bridgehead atoms. The third-order valence-electron chi connectivity index (χ3n) is 9.47. The van der Waals surface area contributed by atoms with E-state index in [2.05, 4.69) is 151 Å². The molecule has 2 aliphatic heterocycles. The number of benzene rings is 6. The van der Waals surface area contributed by atoms with Gasteiger partial charge in [-0.2, -0.15) is 0 Å². The van der Waals surface area contributed by atoms with Crippen LogP contribution in [0, 0.1) is 6.92 Å². The van der Waals surface area contributed by atoms with E-state index in [4.69, 9.17) is 0 Å². The van der Waals surface area contributed by atoms with Crippen molar-refractivity contribution in [1.82, 2.24) is 4.57 Å². The number of aryl methyl sites for hydroxylation is 1. The van der Waals surface area contributed by atoms with E-state index in [9.17, 15) is 0 Å². The van der Waals surface area contributed by atoms with E-state index in [0.717, 1.165) is 0 Å². The Balaban J connectivity index is 1.54. The van der Waals surface area contributed by atoms with Gasteiger partial charge in [-0.05, 0) is 57.8 Å². The van der Waals surface area contributed by atoms with Crippen molar-refractivity contribution in [1.29, 1.82) is 0 Å². The average Bonchev–Trinajstić information content (AvgIpc) is 3.36. The molecule has 40 heavy (non-hydrogen) atoms. The summed E-state index contributed by atoms with van der Waals surface area (Å²) < 4.78 is 2.55. The van der Waals surface area contributed by atoms with E-state index in [1.807, 2.05) is 0 Å². The maximum absolute atomic E-state index is 2.55. The lowest BCUT2D eigenvalue weighted by Gasteiger charge is -2.46. The van der Waals surface area contributed by atoms with Crippen molar-refractivity contribution >= 4 is 44.9 Å². The van der Waals surface area contributed by atoms with Crippen LogP contribution in [-0.2, 0) is 5.41 Å². The van der Waals surface area contributed by atoms with Crippen molar-refractivity contribution < 1.29 is 0 Å². The van der Waals surface area contributed by atoms with Gasteiger partial charge in [0.25, 0.3) is 0 Å². The summed E-state index contributed by atoms with van der Waals surface area (Å²) in [5, 5.41) is 2.71. The third-order valence-corrected chi connectivity index (χ3v) is 9.47. The lowest BCUT2D eigenvalue weighted by atomic mass is 9.29. The Morgan fingerprint density at radius 3 is 1.95 bits per heavy atom. The number of hydrogen-bond donors (Lipinski definition) is 0. The molecule has 0 unspecified atom stereocenters. The van der Waals surface area contributed by atoms with E-state index >= 15 is 0 Å². The number of hydrogen-bond acceptors (Lipinski definition) is 0. The van der Waals surface area contributed by atoms with Crippen LogP contribution in [0.3, 0.4) is 0 Å². The van der Waals surface area contributed by atoms with Crippen LogP contribution < -0.4 is 16.4 Å². The van der Waals surface area contributed by atoms with E-state index in [-0.39, 0.29) is 6.71 Å². The maximum Gasteiger partial charge on any atom is 0.247 e. The summed E-state index contributed by atoms with van der Waals surface area (Å²) in [7, 11) is 0. The normalized spacial score (nSPS) is 14.3. The lowest BCUT2D eigenvalue weighted by Crippen LogP contribution is -2.64. The van der Waals surface area contributed by atoms with E-state index < -0.39 is 5.41 Å². The molecule has 2 heteroatoms. The van der Waals surface area contributed by atoms with E-state index in [1.165, 1.54) is 71.7 Å². The molecular formula is C38H26BN. The summed E-state index contributed by atoms with van der Waals surface area (Å²) in [5.74, 6) is 0. The highest BCUT2D eigenvalue weighted by Gasteiger charge is 2.50. The van der Waals surface area contributed by atoms with E-state index in [1.54, 1.807) is 0 Å². The molecule has 0 saturated heterocycles. The van der Waals surface area contributed by atoms with Gasteiger partial charge in [-0.15, -0.1) is 0 Å². The van der Waals surface area contributed by atoms with Gasteiger partial charge in [-0.1, -0.05) is 133 Å². The van der Waals surface area contributed by atoms with E-state index in [0.29, 0.717) is 0 Å². The van der Waals surface area contributed by atoms with Crippen LogP contribution in [-0.4, -0.2) is 11.3 Å². The number of para-hydroxylation sites is 1. The second kappa shape index (κ2) is 7.86. The van der Waals surface area contributed by atoms with Gasteiger partial charge in [0.1, 0.15) is 0 Å². The summed E-state index contributed by atoms with van der Waals surface area (Å²) in [6, 6.07) is 52.1. The van der Waals surface area contributed by atoms with Gasteiger partial charge in [-0.25, -0.2) is 0 Å².